The number of nitrogens with two attached hydrogens (primary N) is 1. The Balaban J connectivity index is 1.17. The number of hydrogen-bond acceptors (Lipinski definition) is 11. The Labute approximate surface area is 372 Å². The molecule has 336 valence electrons. The molecule has 2 aliphatic rings. The van der Waals surface area contributed by atoms with Gasteiger partial charge in [-0.1, -0.05) is 162 Å². The Bertz CT molecular complexity index is 1960. The van der Waals surface area contributed by atoms with Crippen molar-refractivity contribution in [3.05, 3.63) is 156 Å². The van der Waals surface area contributed by atoms with Gasteiger partial charge in [-0.3, -0.25) is 0 Å². The van der Waals surface area contributed by atoms with Crippen molar-refractivity contribution in [1.29, 1.82) is 0 Å². The maximum absolute atomic E-state index is 13.8. The number of fused-ring (bicyclic) bond motifs is 1. The number of esters is 3. The second-order valence-electron chi connectivity index (χ2n) is 16.2. The first-order chi connectivity index (χ1) is 30.9. The lowest BCUT2D eigenvalue weighted by Crippen LogP contribution is -2.64. The average molecular weight is 862 g/mol. The number of benzene rings is 4. The van der Waals surface area contributed by atoms with Crippen LogP contribution in [0.15, 0.2) is 133 Å². The van der Waals surface area contributed by atoms with Crippen molar-refractivity contribution >= 4 is 17.9 Å². The fourth-order valence-corrected chi connectivity index (χ4v) is 7.74. The summed E-state index contributed by atoms with van der Waals surface area (Å²) in [7, 11) is 0. The molecule has 0 amide bonds. The van der Waals surface area contributed by atoms with E-state index in [-0.39, 0.29) is 18.8 Å². The molecule has 0 spiro atoms. The molecule has 8 atom stereocenters. The topological polar surface area (TPSA) is 142 Å². The minimum Gasteiger partial charge on any atom is -0.453 e. The van der Waals surface area contributed by atoms with Crippen molar-refractivity contribution in [3.63, 3.8) is 0 Å². The van der Waals surface area contributed by atoms with E-state index in [4.69, 9.17) is 38.9 Å². The Hall–Kier alpha value is -5.17. The molecule has 63 heavy (non-hydrogen) atoms. The number of ether oxygens (including phenoxy) is 7. The molecule has 4 aromatic rings. The van der Waals surface area contributed by atoms with Crippen LogP contribution in [0, 0.1) is 0 Å². The first kappa shape index (κ1) is 47.3. The van der Waals surface area contributed by atoms with Gasteiger partial charge >= 0.3 is 17.9 Å². The summed E-state index contributed by atoms with van der Waals surface area (Å²) >= 11 is 0. The van der Waals surface area contributed by atoms with Gasteiger partial charge in [0.25, 0.3) is 0 Å². The lowest BCUT2D eigenvalue weighted by atomic mass is 9.96. The first-order valence-electron chi connectivity index (χ1n) is 22.7. The minimum atomic E-state index is -1.32. The van der Waals surface area contributed by atoms with Crippen LogP contribution in [0.2, 0.25) is 0 Å². The van der Waals surface area contributed by atoms with Crippen molar-refractivity contribution < 1.29 is 47.5 Å². The predicted molar refractivity (Wildman–Crippen MR) is 240 cm³/mol. The maximum Gasteiger partial charge on any atom is 0.338 e. The SMILES string of the molecule is CCCCCCCCCCCCC/C=C/[C@@H](OC(=O)c1ccccc1)[C@@H](N)CO[C@@H]1O[C@@H]2CO[C@H](c3ccccc3)O[C@@H]2[C@H](OC(=O)c2ccccc2)[C@H]1OC(=O)c1ccccc1. The normalized spacial score (nSPS) is 21.8. The standard InChI is InChI=1S/C52H63NO10/c1-2-3-4-5-6-7-8-9-10-11-12-13-26-35-43(59-48(54)38-27-18-14-19-28-38)42(53)36-57-52-47(62-50(56)40-31-22-16-23-32-40)46(61-49(55)39-29-20-15-21-30-39)45-44(60-52)37-58-51(63-45)41-33-24-17-25-34-41/h14-35,42-47,51-52H,2-13,36-37,53H2,1H3/b35-26+/t42-,43+,44+,45-,46-,47+,51-,52+/m0/s1. The highest BCUT2D eigenvalue weighted by atomic mass is 16.8. The number of carbonyl (C=O) groups is 3. The van der Waals surface area contributed by atoms with Crippen LogP contribution in [0.5, 0.6) is 0 Å². The molecule has 2 saturated heterocycles. The highest BCUT2D eigenvalue weighted by Gasteiger charge is 2.54. The molecule has 0 unspecified atom stereocenters. The molecule has 11 heteroatoms. The molecule has 2 N–H and O–H groups in total. The van der Waals surface area contributed by atoms with Gasteiger partial charge in [-0.25, -0.2) is 14.4 Å². The molecule has 2 aliphatic heterocycles. The summed E-state index contributed by atoms with van der Waals surface area (Å²) < 4.78 is 43.9. The summed E-state index contributed by atoms with van der Waals surface area (Å²) in [6.45, 7) is 2.11. The second kappa shape index (κ2) is 25.8. The summed E-state index contributed by atoms with van der Waals surface area (Å²) in [6.07, 6.45) is 11.1. The zero-order valence-electron chi connectivity index (χ0n) is 36.4. The molecule has 0 aromatic heterocycles. The molecule has 0 saturated carbocycles. The van der Waals surface area contributed by atoms with Gasteiger partial charge < -0.3 is 38.9 Å². The molecule has 6 rings (SSSR count). The molecule has 11 nitrogen and oxygen atoms in total. The summed E-state index contributed by atoms with van der Waals surface area (Å²) in [6, 6.07) is 34.2. The van der Waals surface area contributed by atoms with Gasteiger partial charge in [0, 0.05) is 5.56 Å². The van der Waals surface area contributed by atoms with Crippen molar-refractivity contribution in [1.82, 2.24) is 0 Å². The Morgan fingerprint density at radius 1 is 0.635 bits per heavy atom. The largest absolute Gasteiger partial charge is 0.453 e. The average Bonchev–Trinajstić information content (AvgIpc) is 3.33. The van der Waals surface area contributed by atoms with Gasteiger partial charge in [0.15, 0.2) is 24.8 Å². The highest BCUT2D eigenvalue weighted by Crippen LogP contribution is 2.37. The van der Waals surface area contributed by atoms with E-state index in [2.05, 4.69) is 6.92 Å². The molecule has 2 heterocycles. The Kier molecular flexibility index (Phi) is 19.4. The van der Waals surface area contributed by atoms with Crippen LogP contribution < -0.4 is 5.73 Å². The van der Waals surface area contributed by atoms with Crippen LogP contribution in [0.4, 0.5) is 0 Å². The van der Waals surface area contributed by atoms with Crippen molar-refractivity contribution in [2.75, 3.05) is 13.2 Å². The third-order valence-corrected chi connectivity index (χ3v) is 11.3. The lowest BCUT2D eigenvalue weighted by molar-refractivity contribution is -0.360. The molecule has 0 aliphatic carbocycles. The van der Waals surface area contributed by atoms with Crippen LogP contribution in [0.25, 0.3) is 0 Å². The molecule has 0 radical (unpaired) electrons. The number of unbranched alkanes of at least 4 members (excludes halogenated alkanes) is 11. The predicted octanol–water partition coefficient (Wildman–Crippen LogP) is 10.1. The van der Waals surface area contributed by atoms with E-state index in [0.717, 1.165) is 24.8 Å². The van der Waals surface area contributed by atoms with Gasteiger partial charge in [-0.2, -0.15) is 0 Å². The van der Waals surface area contributed by atoms with Crippen LogP contribution >= 0.6 is 0 Å². The van der Waals surface area contributed by atoms with Crippen LogP contribution in [-0.4, -0.2) is 74.0 Å². The molecule has 4 aromatic carbocycles. The minimum absolute atomic E-state index is 0.0496. The second-order valence-corrected chi connectivity index (χ2v) is 16.2. The van der Waals surface area contributed by atoms with Gasteiger partial charge in [0.05, 0.1) is 35.9 Å². The molecule has 0 bridgehead atoms. The van der Waals surface area contributed by atoms with Gasteiger partial charge in [0.2, 0.25) is 0 Å². The Morgan fingerprint density at radius 2 is 1.13 bits per heavy atom. The zero-order chi connectivity index (χ0) is 44.1. The maximum atomic E-state index is 13.8. The van der Waals surface area contributed by atoms with E-state index in [1.807, 2.05) is 48.6 Å². The van der Waals surface area contributed by atoms with Crippen LogP contribution in [0.3, 0.4) is 0 Å². The fraction of sp³-hybridized carbons (Fsp3) is 0.442. The van der Waals surface area contributed by atoms with Gasteiger partial charge in [-0.15, -0.1) is 0 Å². The molecule has 2 fully saturated rings. The van der Waals surface area contributed by atoms with E-state index in [1.54, 1.807) is 84.9 Å². The van der Waals surface area contributed by atoms with Crippen LogP contribution in [-0.2, 0) is 33.2 Å². The van der Waals surface area contributed by atoms with E-state index < -0.39 is 67.0 Å². The smallest absolute Gasteiger partial charge is 0.338 e. The van der Waals surface area contributed by atoms with E-state index >= 15 is 0 Å². The summed E-state index contributed by atoms with van der Waals surface area (Å²) in [5.41, 5.74) is 8.50. The van der Waals surface area contributed by atoms with Crippen molar-refractivity contribution in [3.8, 4) is 0 Å². The quantitative estimate of drug-likeness (QED) is 0.0311. The number of hydrogen-bond donors (Lipinski definition) is 1. The number of carbonyl (C=O) groups excluding carboxylic acids is 3. The molecular weight excluding hydrogens is 799 g/mol. The van der Waals surface area contributed by atoms with Gasteiger partial charge in [0.1, 0.15) is 18.3 Å². The third kappa shape index (κ3) is 14.7. The number of rotatable bonds is 24. The highest BCUT2D eigenvalue weighted by molar-refractivity contribution is 5.90. The van der Waals surface area contributed by atoms with Crippen molar-refractivity contribution in [2.45, 2.75) is 133 Å². The van der Waals surface area contributed by atoms with Crippen LogP contribution in [0.1, 0.15) is 127 Å². The summed E-state index contributed by atoms with van der Waals surface area (Å²) in [5.74, 6) is -1.87. The van der Waals surface area contributed by atoms with E-state index in [9.17, 15) is 14.4 Å². The summed E-state index contributed by atoms with van der Waals surface area (Å²) in [5, 5.41) is 0. The lowest BCUT2D eigenvalue weighted by Gasteiger charge is -2.48. The third-order valence-electron chi connectivity index (χ3n) is 11.3. The Morgan fingerprint density at radius 3 is 1.68 bits per heavy atom. The first-order valence-corrected chi connectivity index (χ1v) is 22.7. The monoisotopic (exact) mass is 861 g/mol. The van der Waals surface area contributed by atoms with E-state index in [1.165, 1.54) is 57.8 Å². The molecular formula is C52H63NO10. The fourth-order valence-electron chi connectivity index (χ4n) is 7.74. The zero-order valence-corrected chi connectivity index (χ0v) is 36.4. The number of allylic oxidation sites excluding steroid dienone is 1. The van der Waals surface area contributed by atoms with Gasteiger partial charge in [-0.05, 0) is 55.3 Å². The van der Waals surface area contributed by atoms with E-state index in [0.29, 0.717) is 11.1 Å². The van der Waals surface area contributed by atoms with Crippen molar-refractivity contribution in [2.24, 2.45) is 5.73 Å². The summed E-state index contributed by atoms with van der Waals surface area (Å²) in [4.78, 5) is 40.9.